The number of benzene rings is 2. The van der Waals surface area contributed by atoms with E-state index in [1.54, 1.807) is 35.0 Å². The molecule has 1 aromatic heterocycles. The maximum absolute atomic E-state index is 12.4. The largest absolute Gasteiger partial charge is 0.401 e. The van der Waals surface area contributed by atoms with Crippen molar-refractivity contribution in [2.75, 3.05) is 0 Å². The predicted molar refractivity (Wildman–Crippen MR) is 95.9 cm³/mol. The Labute approximate surface area is 151 Å². The number of esters is 1. The van der Waals surface area contributed by atoms with E-state index in [1.807, 2.05) is 13.8 Å². The molecule has 0 saturated heterocycles. The van der Waals surface area contributed by atoms with Crippen LogP contribution < -0.4 is 4.74 Å². The number of carbonyl (C=O) groups is 1. The quantitative estimate of drug-likeness (QED) is 0.363. The molecule has 0 fully saturated rings. The van der Waals surface area contributed by atoms with E-state index in [4.69, 9.17) is 4.74 Å². The van der Waals surface area contributed by atoms with Gasteiger partial charge >= 0.3 is 5.97 Å². The average Bonchev–Trinajstić information content (AvgIpc) is 2.93. The van der Waals surface area contributed by atoms with Crippen molar-refractivity contribution in [3.8, 4) is 5.88 Å². The Morgan fingerprint density at radius 2 is 2.00 bits per heavy atom. The van der Waals surface area contributed by atoms with Crippen molar-refractivity contribution in [3.63, 3.8) is 0 Å². The maximum Gasteiger partial charge on any atom is 0.346 e. The van der Waals surface area contributed by atoms with Crippen LogP contribution in [0.4, 0.5) is 5.69 Å². The zero-order valence-electron chi connectivity index (χ0n) is 13.5. The Bertz CT molecular complexity index is 981. The van der Waals surface area contributed by atoms with Gasteiger partial charge in [-0.2, -0.15) is 0 Å². The lowest BCUT2D eigenvalue weighted by Crippen LogP contribution is -2.10. The summed E-state index contributed by atoms with van der Waals surface area (Å²) >= 11 is 3.30. The van der Waals surface area contributed by atoms with E-state index in [0.717, 1.165) is 0 Å². The highest BCUT2D eigenvalue weighted by Crippen LogP contribution is 2.31. The van der Waals surface area contributed by atoms with Crippen molar-refractivity contribution >= 4 is 38.5 Å². The SMILES string of the molecule is CC(C)n1nc(OC(=O)c2ccccc2Br)c2cc([N+](=O)[O-])ccc21. The van der Waals surface area contributed by atoms with E-state index in [0.29, 0.717) is 20.9 Å². The summed E-state index contributed by atoms with van der Waals surface area (Å²) in [5, 5.41) is 15.8. The minimum absolute atomic E-state index is 0.000121. The van der Waals surface area contributed by atoms with Gasteiger partial charge in [-0.25, -0.2) is 4.79 Å². The zero-order chi connectivity index (χ0) is 18.1. The molecule has 0 amide bonds. The van der Waals surface area contributed by atoms with Gasteiger partial charge in [0.25, 0.3) is 5.69 Å². The van der Waals surface area contributed by atoms with Crippen molar-refractivity contribution in [1.82, 2.24) is 9.78 Å². The van der Waals surface area contributed by atoms with Crippen LogP contribution in [0, 0.1) is 10.1 Å². The van der Waals surface area contributed by atoms with Crippen molar-refractivity contribution in [2.45, 2.75) is 19.9 Å². The first-order valence-corrected chi connectivity index (χ1v) is 8.31. The molecular formula is C17H14BrN3O4. The number of nitro groups is 1. The number of rotatable bonds is 4. The second-order valence-electron chi connectivity index (χ2n) is 5.67. The number of nitrogens with zero attached hydrogens (tertiary/aromatic N) is 3. The van der Waals surface area contributed by atoms with Gasteiger partial charge < -0.3 is 4.74 Å². The summed E-state index contributed by atoms with van der Waals surface area (Å²) in [4.78, 5) is 23.0. The Kier molecular flexibility index (Phi) is 4.54. The van der Waals surface area contributed by atoms with E-state index in [1.165, 1.54) is 12.1 Å². The third-order valence-corrected chi connectivity index (χ3v) is 4.33. The number of nitro benzene ring substituents is 1. The summed E-state index contributed by atoms with van der Waals surface area (Å²) in [5.74, 6) is -0.539. The molecule has 8 heteroatoms. The monoisotopic (exact) mass is 403 g/mol. The van der Waals surface area contributed by atoms with Crippen molar-refractivity contribution in [2.24, 2.45) is 0 Å². The molecule has 3 aromatic rings. The van der Waals surface area contributed by atoms with E-state index in [-0.39, 0.29) is 17.6 Å². The Morgan fingerprint density at radius 1 is 1.28 bits per heavy atom. The molecule has 25 heavy (non-hydrogen) atoms. The highest BCUT2D eigenvalue weighted by atomic mass is 79.9. The third kappa shape index (κ3) is 3.25. The summed E-state index contributed by atoms with van der Waals surface area (Å²) in [5.41, 5.74) is 0.921. The van der Waals surface area contributed by atoms with E-state index >= 15 is 0 Å². The standard InChI is InChI=1S/C17H14BrN3O4/c1-10(2)20-15-8-7-11(21(23)24)9-13(15)16(19-20)25-17(22)12-5-3-4-6-14(12)18/h3-10H,1-2H3. The first kappa shape index (κ1) is 17.1. The van der Waals surface area contributed by atoms with Crippen molar-refractivity contribution in [1.29, 1.82) is 0 Å². The molecule has 0 bridgehead atoms. The number of hydrogen-bond donors (Lipinski definition) is 0. The van der Waals surface area contributed by atoms with E-state index < -0.39 is 10.9 Å². The Balaban J connectivity index is 2.08. The molecule has 1 heterocycles. The first-order chi connectivity index (χ1) is 11.9. The number of carbonyl (C=O) groups excluding carboxylic acids is 1. The summed E-state index contributed by atoms with van der Waals surface area (Å²) in [7, 11) is 0. The molecule has 0 saturated carbocycles. The van der Waals surface area contributed by atoms with Crippen molar-refractivity contribution in [3.05, 3.63) is 62.6 Å². The highest BCUT2D eigenvalue weighted by Gasteiger charge is 2.21. The Morgan fingerprint density at radius 3 is 2.64 bits per heavy atom. The lowest BCUT2D eigenvalue weighted by molar-refractivity contribution is -0.384. The zero-order valence-corrected chi connectivity index (χ0v) is 15.1. The van der Waals surface area contributed by atoms with Gasteiger partial charge in [-0.1, -0.05) is 12.1 Å². The summed E-state index contributed by atoms with van der Waals surface area (Å²) in [6.07, 6.45) is 0. The Hall–Kier alpha value is -2.74. The second-order valence-corrected chi connectivity index (χ2v) is 6.53. The van der Waals surface area contributed by atoms with Crippen LogP contribution in [-0.2, 0) is 0 Å². The van der Waals surface area contributed by atoms with Gasteiger partial charge in [0, 0.05) is 22.6 Å². The molecule has 0 N–H and O–H groups in total. The lowest BCUT2D eigenvalue weighted by Gasteiger charge is -2.06. The third-order valence-electron chi connectivity index (χ3n) is 3.64. The fraction of sp³-hybridized carbons (Fsp3) is 0.176. The van der Waals surface area contributed by atoms with Gasteiger partial charge in [0.1, 0.15) is 0 Å². The minimum Gasteiger partial charge on any atom is -0.401 e. The molecule has 0 unspecified atom stereocenters. The van der Waals surface area contributed by atoms with Gasteiger partial charge in [-0.3, -0.25) is 14.8 Å². The van der Waals surface area contributed by atoms with Crippen LogP contribution in [0.15, 0.2) is 46.9 Å². The fourth-order valence-corrected chi connectivity index (χ4v) is 2.90. The van der Waals surface area contributed by atoms with Gasteiger partial charge in [0.2, 0.25) is 5.88 Å². The average molecular weight is 404 g/mol. The van der Waals surface area contributed by atoms with Crippen molar-refractivity contribution < 1.29 is 14.5 Å². The van der Waals surface area contributed by atoms with E-state index in [9.17, 15) is 14.9 Å². The highest BCUT2D eigenvalue weighted by molar-refractivity contribution is 9.10. The number of non-ortho nitro benzene ring substituents is 1. The molecule has 0 aliphatic carbocycles. The maximum atomic E-state index is 12.4. The topological polar surface area (TPSA) is 87.3 Å². The summed E-state index contributed by atoms with van der Waals surface area (Å²) < 4.78 is 7.70. The normalized spacial score (nSPS) is 11.0. The van der Waals surface area contributed by atoms with Crippen LogP contribution in [0.2, 0.25) is 0 Å². The van der Waals surface area contributed by atoms with Gasteiger partial charge in [0.15, 0.2) is 0 Å². The molecule has 0 atom stereocenters. The first-order valence-electron chi connectivity index (χ1n) is 7.52. The number of hydrogen-bond acceptors (Lipinski definition) is 5. The number of aromatic nitrogens is 2. The molecule has 128 valence electrons. The molecule has 0 radical (unpaired) electrons. The smallest absolute Gasteiger partial charge is 0.346 e. The number of ether oxygens (including phenoxy) is 1. The van der Waals surface area contributed by atoms with Gasteiger partial charge in [-0.05, 0) is 48.0 Å². The molecule has 0 spiro atoms. The number of fused-ring (bicyclic) bond motifs is 1. The van der Waals surface area contributed by atoms with Gasteiger partial charge in [-0.15, -0.1) is 5.10 Å². The van der Waals surface area contributed by atoms with Crippen LogP contribution >= 0.6 is 15.9 Å². The van der Waals surface area contributed by atoms with E-state index in [2.05, 4.69) is 21.0 Å². The minimum atomic E-state index is -0.589. The fourth-order valence-electron chi connectivity index (χ4n) is 2.45. The molecule has 0 aliphatic rings. The lowest BCUT2D eigenvalue weighted by atomic mass is 10.2. The summed E-state index contributed by atoms with van der Waals surface area (Å²) in [6.45, 7) is 3.85. The van der Waals surface area contributed by atoms with Crippen LogP contribution in [0.3, 0.4) is 0 Å². The van der Waals surface area contributed by atoms with Gasteiger partial charge in [0.05, 0.1) is 21.4 Å². The molecule has 0 aliphatic heterocycles. The second kappa shape index (κ2) is 6.64. The number of halogens is 1. The van der Waals surface area contributed by atoms with Crippen LogP contribution in [0.1, 0.15) is 30.2 Å². The molecule has 3 rings (SSSR count). The van der Waals surface area contributed by atoms with Crippen LogP contribution in [-0.4, -0.2) is 20.7 Å². The van der Waals surface area contributed by atoms with Crippen LogP contribution in [0.25, 0.3) is 10.9 Å². The van der Waals surface area contributed by atoms with Crippen LogP contribution in [0.5, 0.6) is 5.88 Å². The predicted octanol–water partition coefficient (Wildman–Crippen LogP) is 4.51. The molecule has 7 nitrogen and oxygen atoms in total. The molecular weight excluding hydrogens is 390 g/mol. The molecule has 2 aromatic carbocycles. The summed E-state index contributed by atoms with van der Waals surface area (Å²) in [6, 6.07) is 11.2.